The molecule has 4 unspecified atom stereocenters. The summed E-state index contributed by atoms with van der Waals surface area (Å²) in [5.41, 5.74) is 6.14. The van der Waals surface area contributed by atoms with E-state index in [9.17, 15) is 0 Å². The number of nitrogens with two attached hydrogens (primary N) is 1. The summed E-state index contributed by atoms with van der Waals surface area (Å²) in [5, 5.41) is 0. The SMILES string of the molecule is CC(N)C1C2C[C@@H]3CC2CC[C@@H]1C3.Cl. The van der Waals surface area contributed by atoms with Gasteiger partial charge >= 0.3 is 0 Å². The van der Waals surface area contributed by atoms with Crippen molar-refractivity contribution in [3.8, 4) is 0 Å². The monoisotopic (exact) mass is 215 g/mol. The lowest BCUT2D eigenvalue weighted by Crippen LogP contribution is -2.43. The van der Waals surface area contributed by atoms with Crippen LogP contribution in [0.15, 0.2) is 0 Å². The van der Waals surface area contributed by atoms with Crippen LogP contribution in [-0.2, 0) is 0 Å². The van der Waals surface area contributed by atoms with Gasteiger partial charge in [0.05, 0.1) is 0 Å². The van der Waals surface area contributed by atoms with E-state index in [1.165, 1.54) is 25.7 Å². The first-order chi connectivity index (χ1) is 6.25. The van der Waals surface area contributed by atoms with E-state index in [0.717, 1.165) is 29.6 Å². The molecule has 14 heavy (non-hydrogen) atoms. The van der Waals surface area contributed by atoms with Crippen molar-refractivity contribution in [3.63, 3.8) is 0 Å². The molecule has 3 aliphatic rings. The van der Waals surface area contributed by atoms with Gasteiger partial charge in [-0.15, -0.1) is 12.4 Å². The predicted octanol–water partition coefficient (Wildman–Crippen LogP) is 2.83. The molecule has 0 saturated heterocycles. The summed E-state index contributed by atoms with van der Waals surface area (Å²) in [6, 6.07) is 0.455. The van der Waals surface area contributed by atoms with Crippen molar-refractivity contribution in [2.45, 2.75) is 45.1 Å². The molecule has 3 bridgehead atoms. The van der Waals surface area contributed by atoms with Gasteiger partial charge in [-0.05, 0) is 68.6 Å². The summed E-state index contributed by atoms with van der Waals surface area (Å²) >= 11 is 0. The Labute approximate surface area is 93.2 Å². The van der Waals surface area contributed by atoms with E-state index in [1.807, 2.05) is 0 Å². The third-order valence-electron chi connectivity index (χ3n) is 5.04. The summed E-state index contributed by atoms with van der Waals surface area (Å²) in [6.45, 7) is 2.23. The van der Waals surface area contributed by atoms with Gasteiger partial charge in [0.25, 0.3) is 0 Å². The molecule has 0 aromatic carbocycles. The lowest BCUT2D eigenvalue weighted by Gasteiger charge is -2.44. The van der Waals surface area contributed by atoms with Gasteiger partial charge in [-0.25, -0.2) is 0 Å². The molecule has 0 aromatic heterocycles. The lowest BCUT2D eigenvalue weighted by atomic mass is 9.62. The van der Waals surface area contributed by atoms with Crippen LogP contribution in [0, 0.1) is 29.6 Å². The summed E-state index contributed by atoms with van der Waals surface area (Å²) in [4.78, 5) is 0. The first kappa shape index (κ1) is 10.8. The maximum absolute atomic E-state index is 6.14. The van der Waals surface area contributed by atoms with Crippen LogP contribution in [0.3, 0.4) is 0 Å². The van der Waals surface area contributed by atoms with Gasteiger partial charge in [0.15, 0.2) is 0 Å². The molecular formula is C12H22ClN. The zero-order valence-corrected chi connectivity index (χ0v) is 9.80. The first-order valence-corrected chi connectivity index (χ1v) is 6.01. The second-order valence-corrected chi connectivity index (χ2v) is 5.77. The van der Waals surface area contributed by atoms with Gasteiger partial charge < -0.3 is 5.73 Å². The van der Waals surface area contributed by atoms with Crippen LogP contribution in [0.25, 0.3) is 0 Å². The Kier molecular flexibility index (Phi) is 2.83. The van der Waals surface area contributed by atoms with Crippen molar-refractivity contribution in [2.24, 2.45) is 35.3 Å². The van der Waals surface area contributed by atoms with Gasteiger partial charge in [0.2, 0.25) is 0 Å². The first-order valence-electron chi connectivity index (χ1n) is 6.01. The predicted molar refractivity (Wildman–Crippen MR) is 61.4 cm³/mol. The fraction of sp³-hybridized carbons (Fsp3) is 1.00. The summed E-state index contributed by atoms with van der Waals surface area (Å²) < 4.78 is 0. The van der Waals surface area contributed by atoms with Gasteiger partial charge in [-0.2, -0.15) is 0 Å². The smallest absolute Gasteiger partial charge is 0.00441 e. The fourth-order valence-corrected chi connectivity index (χ4v) is 4.76. The average molecular weight is 216 g/mol. The Balaban J connectivity index is 0.000000750. The molecule has 3 fully saturated rings. The Morgan fingerprint density at radius 2 is 1.71 bits per heavy atom. The molecule has 3 aliphatic carbocycles. The highest BCUT2D eigenvalue weighted by atomic mass is 35.5. The second-order valence-electron chi connectivity index (χ2n) is 5.77. The molecule has 0 aliphatic heterocycles. The van der Waals surface area contributed by atoms with E-state index in [4.69, 9.17) is 5.73 Å². The molecule has 0 aromatic rings. The van der Waals surface area contributed by atoms with Crippen molar-refractivity contribution in [2.75, 3.05) is 0 Å². The van der Waals surface area contributed by atoms with E-state index in [2.05, 4.69) is 6.92 Å². The Bertz CT molecular complexity index is 216. The number of hydrogen-bond acceptors (Lipinski definition) is 1. The van der Waals surface area contributed by atoms with Crippen molar-refractivity contribution in [1.82, 2.24) is 0 Å². The standard InChI is InChI=1S/C12H21N.ClH/c1-7(13)12-10-3-2-9-4-8(5-10)6-11(9)12;/h7-12H,2-6,13H2,1H3;1H/t7?,8-,9?,10-,11?,12?;/m1./s1. The minimum absolute atomic E-state index is 0. The average Bonchev–Trinajstić information content (AvgIpc) is 2.27. The van der Waals surface area contributed by atoms with Crippen molar-refractivity contribution < 1.29 is 0 Å². The molecule has 0 radical (unpaired) electrons. The van der Waals surface area contributed by atoms with Crippen molar-refractivity contribution in [3.05, 3.63) is 0 Å². The van der Waals surface area contributed by atoms with Crippen LogP contribution < -0.4 is 5.73 Å². The molecule has 6 atom stereocenters. The van der Waals surface area contributed by atoms with Crippen molar-refractivity contribution in [1.29, 1.82) is 0 Å². The number of rotatable bonds is 1. The minimum Gasteiger partial charge on any atom is -0.328 e. The van der Waals surface area contributed by atoms with Crippen LogP contribution >= 0.6 is 12.4 Å². The fourth-order valence-electron chi connectivity index (χ4n) is 4.76. The van der Waals surface area contributed by atoms with Gasteiger partial charge in [0.1, 0.15) is 0 Å². The molecule has 2 heteroatoms. The van der Waals surface area contributed by atoms with Gasteiger partial charge in [-0.3, -0.25) is 0 Å². The molecule has 1 nitrogen and oxygen atoms in total. The van der Waals surface area contributed by atoms with Crippen LogP contribution in [0.2, 0.25) is 0 Å². The van der Waals surface area contributed by atoms with Crippen LogP contribution in [0.1, 0.15) is 39.0 Å². The van der Waals surface area contributed by atoms with Crippen LogP contribution in [0.5, 0.6) is 0 Å². The van der Waals surface area contributed by atoms with E-state index >= 15 is 0 Å². The molecular weight excluding hydrogens is 194 g/mol. The summed E-state index contributed by atoms with van der Waals surface area (Å²) in [5.74, 6) is 5.08. The quantitative estimate of drug-likeness (QED) is 0.716. The number of halogens is 1. The topological polar surface area (TPSA) is 26.0 Å². The lowest BCUT2D eigenvalue weighted by molar-refractivity contribution is 0.0663. The van der Waals surface area contributed by atoms with Crippen LogP contribution in [0.4, 0.5) is 0 Å². The Morgan fingerprint density at radius 1 is 1.07 bits per heavy atom. The van der Waals surface area contributed by atoms with Crippen molar-refractivity contribution >= 4 is 12.4 Å². The molecule has 0 heterocycles. The van der Waals surface area contributed by atoms with E-state index in [1.54, 1.807) is 6.42 Å². The third-order valence-corrected chi connectivity index (χ3v) is 5.04. The van der Waals surface area contributed by atoms with Gasteiger partial charge in [0, 0.05) is 6.04 Å². The van der Waals surface area contributed by atoms with E-state index in [0.29, 0.717) is 6.04 Å². The zero-order chi connectivity index (χ0) is 9.00. The molecule has 82 valence electrons. The van der Waals surface area contributed by atoms with E-state index < -0.39 is 0 Å². The normalized spacial score (nSPS) is 51.4. The third kappa shape index (κ3) is 1.40. The Hall–Kier alpha value is 0.250. The molecule has 0 amide bonds. The van der Waals surface area contributed by atoms with Gasteiger partial charge in [-0.1, -0.05) is 0 Å². The molecule has 2 N–H and O–H groups in total. The molecule has 3 rings (SSSR count). The highest BCUT2D eigenvalue weighted by Gasteiger charge is 2.50. The van der Waals surface area contributed by atoms with E-state index in [-0.39, 0.29) is 12.4 Å². The maximum atomic E-state index is 6.14. The summed E-state index contributed by atoms with van der Waals surface area (Å²) in [6.07, 6.45) is 7.59. The second kappa shape index (κ2) is 3.68. The number of hydrogen-bond donors (Lipinski definition) is 1. The Morgan fingerprint density at radius 3 is 2.43 bits per heavy atom. The van der Waals surface area contributed by atoms with Crippen LogP contribution in [-0.4, -0.2) is 6.04 Å². The molecule has 3 saturated carbocycles. The maximum Gasteiger partial charge on any atom is 0.00441 e. The zero-order valence-electron chi connectivity index (χ0n) is 8.99. The largest absolute Gasteiger partial charge is 0.328 e. The molecule has 0 spiro atoms. The summed E-state index contributed by atoms with van der Waals surface area (Å²) in [7, 11) is 0. The number of fused-ring (bicyclic) bond motifs is 2. The highest BCUT2D eigenvalue weighted by molar-refractivity contribution is 5.85. The highest BCUT2D eigenvalue weighted by Crippen LogP contribution is 2.58. The minimum atomic E-state index is 0.